The molecule has 0 unspecified atom stereocenters. The van der Waals surface area contributed by atoms with Gasteiger partial charge in [0.05, 0.1) is 11.3 Å². The molecule has 1 aromatic heterocycles. The molecular formula is C14H10ClF4N3O2. The Bertz CT molecular complexity index is 803. The topological polar surface area (TPSA) is 63.1 Å². The Hall–Kier alpha value is -2.55. The summed E-state index contributed by atoms with van der Waals surface area (Å²) in [6, 6.07) is 5.46. The van der Waals surface area contributed by atoms with Gasteiger partial charge in [0.25, 0.3) is 11.5 Å². The standard InChI is InChI=1S/C14H10ClF4N3O2/c15-11-5-8(14(17,18)19)6-22(13(11)24)7-12(23)21-20-10-3-1-9(16)2-4-10/h1-6,20H,7H2,(H,21,23). The van der Waals surface area contributed by atoms with E-state index in [1.807, 2.05) is 0 Å². The number of hydrogen-bond donors (Lipinski definition) is 2. The van der Waals surface area contributed by atoms with E-state index in [-0.39, 0.29) is 0 Å². The van der Waals surface area contributed by atoms with Crippen LogP contribution in [-0.2, 0) is 17.5 Å². The third-order valence-corrected chi connectivity index (χ3v) is 3.14. The third kappa shape index (κ3) is 4.48. The predicted molar refractivity (Wildman–Crippen MR) is 78.9 cm³/mol. The van der Waals surface area contributed by atoms with E-state index in [0.29, 0.717) is 22.5 Å². The number of rotatable bonds is 4. The van der Waals surface area contributed by atoms with Gasteiger partial charge < -0.3 is 4.57 Å². The van der Waals surface area contributed by atoms with Crippen LogP contribution in [0.4, 0.5) is 23.2 Å². The molecule has 1 aromatic carbocycles. The maximum absolute atomic E-state index is 12.7. The molecule has 24 heavy (non-hydrogen) atoms. The molecule has 1 amide bonds. The van der Waals surface area contributed by atoms with Gasteiger partial charge in [-0.3, -0.25) is 20.4 Å². The number of hydrazine groups is 1. The maximum Gasteiger partial charge on any atom is 0.417 e. The summed E-state index contributed by atoms with van der Waals surface area (Å²) >= 11 is 5.48. The molecule has 2 rings (SSSR count). The highest BCUT2D eigenvalue weighted by Crippen LogP contribution is 2.29. The lowest BCUT2D eigenvalue weighted by atomic mass is 10.2. The Balaban J connectivity index is 2.09. The molecule has 0 atom stereocenters. The molecule has 128 valence electrons. The van der Waals surface area contributed by atoms with Crippen LogP contribution in [0.15, 0.2) is 41.3 Å². The van der Waals surface area contributed by atoms with Crippen molar-refractivity contribution in [2.75, 3.05) is 5.43 Å². The molecule has 0 aliphatic carbocycles. The van der Waals surface area contributed by atoms with Crippen molar-refractivity contribution >= 4 is 23.2 Å². The zero-order chi connectivity index (χ0) is 17.9. The second-order valence-corrected chi connectivity index (χ2v) is 5.09. The lowest BCUT2D eigenvalue weighted by molar-refractivity contribution is -0.138. The number of nitrogens with one attached hydrogen (secondary N) is 2. The highest BCUT2D eigenvalue weighted by atomic mass is 35.5. The lowest BCUT2D eigenvalue weighted by Gasteiger charge is -2.12. The Morgan fingerprint density at radius 1 is 1.21 bits per heavy atom. The fourth-order valence-electron chi connectivity index (χ4n) is 1.74. The van der Waals surface area contributed by atoms with Crippen molar-refractivity contribution in [1.29, 1.82) is 0 Å². The zero-order valence-corrected chi connectivity index (χ0v) is 12.6. The second kappa shape index (κ2) is 6.91. The molecule has 0 saturated carbocycles. The van der Waals surface area contributed by atoms with Crippen LogP contribution >= 0.6 is 11.6 Å². The Morgan fingerprint density at radius 3 is 2.42 bits per heavy atom. The van der Waals surface area contributed by atoms with E-state index in [0.717, 1.165) is 12.1 Å². The van der Waals surface area contributed by atoms with E-state index in [1.54, 1.807) is 0 Å². The first-order chi connectivity index (χ1) is 11.2. The number of amides is 1. The summed E-state index contributed by atoms with van der Waals surface area (Å²) < 4.78 is 51.4. The van der Waals surface area contributed by atoms with E-state index in [2.05, 4.69) is 10.9 Å². The SMILES string of the molecule is O=C(Cn1cc(C(F)(F)F)cc(Cl)c1=O)NNc1ccc(F)cc1. The van der Waals surface area contributed by atoms with E-state index < -0.39 is 40.6 Å². The van der Waals surface area contributed by atoms with Crippen molar-refractivity contribution in [3.8, 4) is 0 Å². The highest BCUT2D eigenvalue weighted by molar-refractivity contribution is 6.30. The Morgan fingerprint density at radius 2 is 1.83 bits per heavy atom. The Kier molecular flexibility index (Phi) is 5.13. The molecule has 1 heterocycles. The summed E-state index contributed by atoms with van der Waals surface area (Å²) in [5, 5.41) is -0.649. The van der Waals surface area contributed by atoms with E-state index in [1.165, 1.54) is 12.1 Å². The number of halogens is 5. The average Bonchev–Trinajstić information content (AvgIpc) is 2.50. The van der Waals surface area contributed by atoms with Gasteiger partial charge in [0.1, 0.15) is 17.4 Å². The van der Waals surface area contributed by atoms with Crippen LogP contribution in [-0.4, -0.2) is 10.5 Å². The summed E-state index contributed by atoms with van der Waals surface area (Å²) in [7, 11) is 0. The van der Waals surface area contributed by atoms with Gasteiger partial charge in [0.15, 0.2) is 0 Å². The van der Waals surface area contributed by atoms with Gasteiger partial charge in [-0.05, 0) is 30.3 Å². The van der Waals surface area contributed by atoms with Crippen LogP contribution in [0.3, 0.4) is 0 Å². The molecule has 5 nitrogen and oxygen atoms in total. The van der Waals surface area contributed by atoms with Crippen molar-refractivity contribution in [3.63, 3.8) is 0 Å². The number of anilines is 1. The number of nitrogens with zero attached hydrogens (tertiary/aromatic N) is 1. The molecule has 2 N–H and O–H groups in total. The van der Waals surface area contributed by atoms with Crippen LogP contribution in [0.2, 0.25) is 5.02 Å². The number of carbonyl (C=O) groups is 1. The fraction of sp³-hybridized carbons (Fsp3) is 0.143. The molecule has 0 saturated heterocycles. The second-order valence-electron chi connectivity index (χ2n) is 4.69. The smallest absolute Gasteiger partial charge is 0.304 e. The highest BCUT2D eigenvalue weighted by Gasteiger charge is 2.32. The lowest BCUT2D eigenvalue weighted by Crippen LogP contribution is -2.36. The van der Waals surface area contributed by atoms with Crippen molar-refractivity contribution in [3.05, 3.63) is 63.3 Å². The minimum Gasteiger partial charge on any atom is -0.304 e. The van der Waals surface area contributed by atoms with Crippen molar-refractivity contribution in [2.24, 2.45) is 0 Å². The number of carbonyl (C=O) groups excluding carboxylic acids is 1. The number of hydrogen-bond acceptors (Lipinski definition) is 3. The van der Waals surface area contributed by atoms with Gasteiger partial charge in [-0.2, -0.15) is 13.2 Å². The van der Waals surface area contributed by atoms with Crippen LogP contribution in [0.1, 0.15) is 5.56 Å². The summed E-state index contributed by atoms with van der Waals surface area (Å²) in [6.45, 7) is -0.684. The van der Waals surface area contributed by atoms with Crippen molar-refractivity contribution in [1.82, 2.24) is 9.99 Å². The molecule has 0 radical (unpaired) electrons. The molecule has 0 aliphatic rings. The predicted octanol–water partition coefficient (Wildman–Crippen LogP) is 2.80. The number of pyridine rings is 1. The van der Waals surface area contributed by atoms with Gasteiger partial charge in [0.2, 0.25) is 0 Å². The fourth-order valence-corrected chi connectivity index (χ4v) is 1.97. The maximum atomic E-state index is 12.7. The third-order valence-electron chi connectivity index (χ3n) is 2.87. The zero-order valence-electron chi connectivity index (χ0n) is 11.8. The number of benzene rings is 1. The molecular weight excluding hydrogens is 354 g/mol. The summed E-state index contributed by atoms with van der Waals surface area (Å²) in [4.78, 5) is 23.5. The summed E-state index contributed by atoms with van der Waals surface area (Å²) in [5.74, 6) is -1.27. The van der Waals surface area contributed by atoms with Crippen LogP contribution in [0.5, 0.6) is 0 Å². The summed E-state index contributed by atoms with van der Waals surface area (Å²) in [6.07, 6.45) is -4.20. The largest absolute Gasteiger partial charge is 0.417 e. The van der Waals surface area contributed by atoms with Gasteiger partial charge in [-0.15, -0.1) is 0 Å². The van der Waals surface area contributed by atoms with Gasteiger partial charge in [-0.25, -0.2) is 4.39 Å². The minimum atomic E-state index is -4.71. The van der Waals surface area contributed by atoms with E-state index in [4.69, 9.17) is 11.6 Å². The molecule has 0 aliphatic heterocycles. The molecule has 0 bridgehead atoms. The number of alkyl halides is 3. The molecule has 10 heteroatoms. The van der Waals surface area contributed by atoms with Crippen LogP contribution in [0, 0.1) is 5.82 Å². The first-order valence-corrected chi connectivity index (χ1v) is 6.82. The van der Waals surface area contributed by atoms with Gasteiger partial charge in [0, 0.05) is 6.20 Å². The first-order valence-electron chi connectivity index (χ1n) is 6.44. The molecule has 0 spiro atoms. The Labute approximate surface area is 137 Å². The quantitative estimate of drug-likeness (QED) is 0.648. The summed E-state index contributed by atoms with van der Waals surface area (Å²) in [5.41, 5.74) is 2.88. The average molecular weight is 364 g/mol. The number of aromatic nitrogens is 1. The molecule has 0 fully saturated rings. The molecule has 2 aromatic rings. The van der Waals surface area contributed by atoms with Crippen LogP contribution in [0.25, 0.3) is 0 Å². The van der Waals surface area contributed by atoms with E-state index >= 15 is 0 Å². The van der Waals surface area contributed by atoms with Crippen molar-refractivity contribution < 1.29 is 22.4 Å². The monoisotopic (exact) mass is 363 g/mol. The van der Waals surface area contributed by atoms with Gasteiger partial charge in [-0.1, -0.05) is 11.6 Å². The van der Waals surface area contributed by atoms with Crippen molar-refractivity contribution in [2.45, 2.75) is 12.7 Å². The minimum absolute atomic E-state index is 0.346. The van der Waals surface area contributed by atoms with Crippen LogP contribution < -0.4 is 16.4 Å². The van der Waals surface area contributed by atoms with Gasteiger partial charge >= 0.3 is 6.18 Å². The normalized spacial score (nSPS) is 11.2. The first kappa shape index (κ1) is 17.8. The van der Waals surface area contributed by atoms with E-state index in [9.17, 15) is 27.2 Å².